The molecule has 3 nitrogen and oxygen atoms in total. The first-order valence-electron chi connectivity index (χ1n) is 6.37. The van der Waals surface area contributed by atoms with Crippen molar-refractivity contribution in [1.82, 2.24) is 5.32 Å². The smallest absolute Gasteiger partial charge is 0.224 e. The largest absolute Gasteiger partial charge is 0.338 e. The van der Waals surface area contributed by atoms with Crippen molar-refractivity contribution in [2.24, 2.45) is 5.92 Å². The average molecular weight is 222 g/mol. The zero-order valence-electron chi connectivity index (χ0n) is 10.4. The Morgan fingerprint density at radius 1 is 1.38 bits per heavy atom. The second-order valence-corrected chi connectivity index (χ2v) is 4.91. The highest BCUT2D eigenvalue weighted by Gasteiger charge is 2.33. The lowest BCUT2D eigenvalue weighted by atomic mass is 9.91. The fourth-order valence-corrected chi connectivity index (χ4v) is 2.14. The van der Waals surface area contributed by atoms with Crippen LogP contribution in [0.25, 0.3) is 0 Å². The first kappa shape index (κ1) is 13.0. The normalized spacial score (nSPS) is 21.6. The van der Waals surface area contributed by atoms with E-state index in [0.29, 0.717) is 0 Å². The molecule has 1 atom stereocenters. The van der Waals surface area contributed by atoms with E-state index in [0.717, 1.165) is 32.1 Å². The summed E-state index contributed by atoms with van der Waals surface area (Å²) in [6.07, 6.45) is 6.92. The fourth-order valence-electron chi connectivity index (χ4n) is 2.14. The van der Waals surface area contributed by atoms with Gasteiger partial charge in [-0.1, -0.05) is 39.5 Å². The highest BCUT2D eigenvalue weighted by atomic mass is 16.2. The molecule has 0 bridgehead atoms. The van der Waals surface area contributed by atoms with Crippen LogP contribution in [0, 0.1) is 17.2 Å². The van der Waals surface area contributed by atoms with Crippen molar-refractivity contribution in [3.8, 4) is 6.07 Å². The minimum Gasteiger partial charge on any atom is -0.338 e. The van der Waals surface area contributed by atoms with E-state index in [9.17, 15) is 10.1 Å². The fraction of sp³-hybridized carbons (Fsp3) is 0.846. The van der Waals surface area contributed by atoms with Gasteiger partial charge in [0, 0.05) is 5.92 Å². The van der Waals surface area contributed by atoms with Crippen molar-refractivity contribution in [3.63, 3.8) is 0 Å². The molecule has 1 rings (SSSR count). The van der Waals surface area contributed by atoms with Gasteiger partial charge in [0.25, 0.3) is 0 Å². The SMILES string of the molecule is CCC(C)C(=O)NC1(C#N)CCCCCC1. The number of carbonyl (C=O) groups is 1. The molecular weight excluding hydrogens is 200 g/mol. The monoisotopic (exact) mass is 222 g/mol. The number of hydrogen-bond acceptors (Lipinski definition) is 2. The molecule has 1 amide bonds. The highest BCUT2D eigenvalue weighted by molar-refractivity contribution is 5.79. The van der Waals surface area contributed by atoms with E-state index in [2.05, 4.69) is 11.4 Å². The molecular formula is C13H22N2O. The number of rotatable bonds is 3. The lowest BCUT2D eigenvalue weighted by molar-refractivity contribution is -0.126. The van der Waals surface area contributed by atoms with E-state index < -0.39 is 5.54 Å². The van der Waals surface area contributed by atoms with Crippen LogP contribution in [0.3, 0.4) is 0 Å². The Hall–Kier alpha value is -1.04. The summed E-state index contributed by atoms with van der Waals surface area (Å²) in [5.41, 5.74) is -0.586. The maximum atomic E-state index is 11.9. The van der Waals surface area contributed by atoms with E-state index >= 15 is 0 Å². The predicted octanol–water partition coefficient (Wildman–Crippen LogP) is 2.77. The van der Waals surface area contributed by atoms with E-state index in [1.807, 2.05) is 13.8 Å². The predicted molar refractivity (Wildman–Crippen MR) is 63.6 cm³/mol. The number of nitrogens with zero attached hydrogens (tertiary/aromatic N) is 1. The maximum Gasteiger partial charge on any atom is 0.224 e. The first-order valence-corrected chi connectivity index (χ1v) is 6.37. The summed E-state index contributed by atoms with van der Waals surface area (Å²) in [5.74, 6) is 0.0411. The van der Waals surface area contributed by atoms with E-state index in [4.69, 9.17) is 0 Å². The Balaban J connectivity index is 2.65. The first-order chi connectivity index (χ1) is 7.63. The molecule has 0 aromatic rings. The Bertz CT molecular complexity index is 272. The Labute approximate surface area is 98.2 Å². The molecule has 1 aliphatic carbocycles. The van der Waals surface area contributed by atoms with Crippen LogP contribution in [0.4, 0.5) is 0 Å². The van der Waals surface area contributed by atoms with Crippen molar-refractivity contribution in [2.45, 2.75) is 64.3 Å². The second-order valence-electron chi connectivity index (χ2n) is 4.91. The molecule has 1 saturated carbocycles. The Morgan fingerprint density at radius 2 is 1.94 bits per heavy atom. The molecule has 1 unspecified atom stereocenters. The summed E-state index contributed by atoms with van der Waals surface area (Å²) < 4.78 is 0. The number of carbonyl (C=O) groups excluding carboxylic acids is 1. The maximum absolute atomic E-state index is 11.9. The van der Waals surface area contributed by atoms with E-state index in [1.54, 1.807) is 0 Å². The number of amides is 1. The van der Waals surface area contributed by atoms with Crippen molar-refractivity contribution < 1.29 is 4.79 Å². The molecule has 16 heavy (non-hydrogen) atoms. The zero-order chi connectivity index (χ0) is 12.0. The molecule has 0 aliphatic heterocycles. The molecule has 0 saturated heterocycles. The van der Waals surface area contributed by atoms with Gasteiger partial charge in [0.15, 0.2) is 0 Å². The van der Waals surface area contributed by atoms with Gasteiger partial charge in [0.1, 0.15) is 5.54 Å². The van der Waals surface area contributed by atoms with Gasteiger partial charge < -0.3 is 5.32 Å². The van der Waals surface area contributed by atoms with E-state index in [1.165, 1.54) is 12.8 Å². The summed E-state index contributed by atoms with van der Waals surface area (Å²) in [4.78, 5) is 11.9. The minimum atomic E-state index is -0.586. The van der Waals surface area contributed by atoms with Gasteiger partial charge in [-0.15, -0.1) is 0 Å². The van der Waals surface area contributed by atoms with Gasteiger partial charge in [0.2, 0.25) is 5.91 Å². The van der Waals surface area contributed by atoms with Crippen molar-refractivity contribution in [3.05, 3.63) is 0 Å². The summed E-state index contributed by atoms with van der Waals surface area (Å²) in [6.45, 7) is 3.91. The summed E-state index contributed by atoms with van der Waals surface area (Å²) in [7, 11) is 0. The van der Waals surface area contributed by atoms with Crippen LogP contribution in [0.1, 0.15) is 58.8 Å². The molecule has 1 fully saturated rings. The summed E-state index contributed by atoms with van der Waals surface area (Å²) >= 11 is 0. The third kappa shape index (κ3) is 3.23. The number of nitrogens with one attached hydrogen (secondary N) is 1. The number of nitriles is 1. The van der Waals surface area contributed by atoms with Crippen molar-refractivity contribution in [2.75, 3.05) is 0 Å². The second kappa shape index (κ2) is 5.89. The lowest BCUT2D eigenvalue weighted by Crippen LogP contribution is -2.48. The topological polar surface area (TPSA) is 52.9 Å². The highest BCUT2D eigenvalue weighted by Crippen LogP contribution is 2.27. The molecule has 0 spiro atoms. The summed E-state index contributed by atoms with van der Waals surface area (Å²) in [5, 5.41) is 12.3. The third-order valence-electron chi connectivity index (χ3n) is 3.59. The molecule has 0 heterocycles. The van der Waals surface area contributed by atoms with Crippen molar-refractivity contribution in [1.29, 1.82) is 5.26 Å². The molecule has 0 aromatic heterocycles. The zero-order valence-corrected chi connectivity index (χ0v) is 10.4. The Kier molecular flexibility index (Phi) is 4.79. The van der Waals surface area contributed by atoms with Crippen LogP contribution in [0.5, 0.6) is 0 Å². The van der Waals surface area contributed by atoms with Crippen LogP contribution < -0.4 is 5.32 Å². The standard InChI is InChI=1S/C13H22N2O/c1-3-11(2)12(16)15-13(10-14)8-6-4-5-7-9-13/h11H,3-9H2,1-2H3,(H,15,16). The summed E-state index contributed by atoms with van der Waals surface area (Å²) in [6, 6.07) is 2.34. The third-order valence-corrected chi connectivity index (χ3v) is 3.59. The van der Waals surface area contributed by atoms with E-state index in [-0.39, 0.29) is 11.8 Å². The van der Waals surface area contributed by atoms with Gasteiger partial charge in [-0.25, -0.2) is 0 Å². The van der Waals surface area contributed by atoms with Gasteiger partial charge >= 0.3 is 0 Å². The van der Waals surface area contributed by atoms with Gasteiger partial charge in [-0.3, -0.25) is 4.79 Å². The van der Waals surface area contributed by atoms with Crippen molar-refractivity contribution >= 4 is 5.91 Å². The molecule has 90 valence electrons. The van der Waals surface area contributed by atoms with Crippen LogP contribution >= 0.6 is 0 Å². The van der Waals surface area contributed by atoms with Crippen LogP contribution in [-0.4, -0.2) is 11.4 Å². The molecule has 1 N–H and O–H groups in total. The average Bonchev–Trinajstić information content (AvgIpc) is 2.54. The van der Waals surface area contributed by atoms with Gasteiger partial charge in [-0.05, 0) is 19.3 Å². The van der Waals surface area contributed by atoms with Crippen LogP contribution in [0.15, 0.2) is 0 Å². The van der Waals surface area contributed by atoms with Gasteiger partial charge in [-0.2, -0.15) is 5.26 Å². The number of hydrogen-bond donors (Lipinski definition) is 1. The molecule has 0 aromatic carbocycles. The Morgan fingerprint density at radius 3 is 2.38 bits per heavy atom. The minimum absolute atomic E-state index is 0.00785. The quantitative estimate of drug-likeness (QED) is 0.746. The molecule has 3 heteroatoms. The van der Waals surface area contributed by atoms with Gasteiger partial charge in [0.05, 0.1) is 6.07 Å². The van der Waals surface area contributed by atoms with Crippen LogP contribution in [0.2, 0.25) is 0 Å². The lowest BCUT2D eigenvalue weighted by Gasteiger charge is -2.27. The van der Waals surface area contributed by atoms with Crippen LogP contribution in [-0.2, 0) is 4.79 Å². The molecule has 0 radical (unpaired) electrons. The molecule has 1 aliphatic rings.